The Balaban J connectivity index is 2.94. The molecule has 0 bridgehead atoms. The molecule has 0 aliphatic rings. The Morgan fingerprint density at radius 2 is 1.81 bits per heavy atom. The zero-order chi connectivity index (χ0) is 16.0. The van der Waals surface area contributed by atoms with Crippen molar-refractivity contribution >= 4 is 0 Å². The molecule has 0 spiro atoms. The van der Waals surface area contributed by atoms with Crippen LogP contribution < -0.4 is 14.8 Å². The van der Waals surface area contributed by atoms with E-state index in [9.17, 15) is 17.6 Å². The lowest BCUT2D eigenvalue weighted by molar-refractivity contribution is -0.0547. The quantitative estimate of drug-likeness (QED) is 0.619. The fourth-order valence-electron chi connectivity index (χ4n) is 1.43. The number of hydrogen-bond acceptors (Lipinski definition) is 3. The summed E-state index contributed by atoms with van der Waals surface area (Å²) in [5, 5.41) is 2.95. The summed E-state index contributed by atoms with van der Waals surface area (Å²) in [6.45, 7) is -2.53. The molecule has 0 aliphatic heterocycles. The molecule has 1 aromatic carbocycles. The van der Waals surface area contributed by atoms with E-state index in [1.54, 1.807) is 13.8 Å². The van der Waals surface area contributed by atoms with Crippen molar-refractivity contribution in [1.82, 2.24) is 5.32 Å². The second kappa shape index (κ2) is 7.18. The van der Waals surface area contributed by atoms with E-state index in [1.165, 1.54) is 12.1 Å². The zero-order valence-electron chi connectivity index (χ0n) is 11.5. The third kappa shape index (κ3) is 5.92. The summed E-state index contributed by atoms with van der Waals surface area (Å²) in [6.07, 6.45) is 5.30. The van der Waals surface area contributed by atoms with Crippen LogP contribution >= 0.6 is 0 Å². The summed E-state index contributed by atoms with van der Waals surface area (Å²) >= 11 is 0. The van der Waals surface area contributed by atoms with Crippen LogP contribution in [0.15, 0.2) is 18.2 Å². The fourth-order valence-corrected chi connectivity index (χ4v) is 1.43. The topological polar surface area (TPSA) is 30.5 Å². The molecule has 0 saturated carbocycles. The molecule has 0 saturated heterocycles. The third-order valence-electron chi connectivity index (χ3n) is 2.56. The van der Waals surface area contributed by atoms with Crippen LogP contribution in [-0.2, 0) is 6.54 Å². The van der Waals surface area contributed by atoms with E-state index in [4.69, 9.17) is 6.42 Å². The van der Waals surface area contributed by atoms with Crippen molar-refractivity contribution in [3.8, 4) is 23.8 Å². The molecule has 0 amide bonds. The van der Waals surface area contributed by atoms with Crippen LogP contribution in [0.3, 0.4) is 0 Å². The van der Waals surface area contributed by atoms with Gasteiger partial charge in [-0.3, -0.25) is 5.32 Å². The van der Waals surface area contributed by atoms with Gasteiger partial charge in [-0.25, -0.2) is 0 Å². The molecule has 0 fully saturated rings. The van der Waals surface area contributed by atoms with Crippen molar-refractivity contribution in [3.05, 3.63) is 23.8 Å². The molecule has 0 aromatic heterocycles. The van der Waals surface area contributed by atoms with E-state index in [1.807, 2.05) is 0 Å². The van der Waals surface area contributed by atoms with Gasteiger partial charge in [0.25, 0.3) is 0 Å². The Morgan fingerprint density at radius 1 is 1.19 bits per heavy atom. The number of rotatable bonds is 7. The largest absolute Gasteiger partial charge is 0.435 e. The fraction of sp³-hybridized carbons (Fsp3) is 0.429. The number of alkyl halides is 4. The van der Waals surface area contributed by atoms with E-state index >= 15 is 0 Å². The lowest BCUT2D eigenvalue weighted by Gasteiger charge is -2.21. The summed E-state index contributed by atoms with van der Waals surface area (Å²) in [5.41, 5.74) is -0.305. The molecule has 1 N–H and O–H groups in total. The van der Waals surface area contributed by atoms with E-state index in [0.717, 1.165) is 6.07 Å². The van der Waals surface area contributed by atoms with E-state index in [2.05, 4.69) is 20.7 Å². The van der Waals surface area contributed by atoms with Crippen LogP contribution in [0.25, 0.3) is 0 Å². The minimum Gasteiger partial charge on any atom is -0.435 e. The molecule has 1 aromatic rings. The normalized spacial score (nSPS) is 11.6. The molecule has 0 heterocycles. The maximum absolute atomic E-state index is 12.4. The first-order chi connectivity index (χ1) is 9.73. The molecular weight excluding hydrogens is 290 g/mol. The van der Waals surface area contributed by atoms with Crippen molar-refractivity contribution in [2.24, 2.45) is 0 Å². The maximum atomic E-state index is 12.4. The Kier molecular flexibility index (Phi) is 5.85. The van der Waals surface area contributed by atoms with Gasteiger partial charge in [-0.2, -0.15) is 17.6 Å². The highest BCUT2D eigenvalue weighted by molar-refractivity contribution is 5.41. The molecule has 0 unspecified atom stereocenters. The number of benzene rings is 1. The van der Waals surface area contributed by atoms with E-state index < -0.39 is 18.8 Å². The third-order valence-corrected chi connectivity index (χ3v) is 2.56. The van der Waals surface area contributed by atoms with Gasteiger partial charge < -0.3 is 9.47 Å². The minimum atomic E-state index is -3.08. The summed E-state index contributed by atoms with van der Waals surface area (Å²) in [4.78, 5) is 0. The second-order valence-corrected chi connectivity index (χ2v) is 4.65. The molecular formula is C14H15F4NO2. The van der Waals surface area contributed by atoms with Crippen LogP contribution in [0, 0.1) is 12.3 Å². The molecule has 0 aliphatic carbocycles. The standard InChI is InChI=1S/C14H15F4NO2/c1-4-14(2,3)19-8-9-5-6-10(20-12(15)16)7-11(9)21-13(17)18/h1,5-7,12-13,19H,8H2,2-3H3. The highest BCUT2D eigenvalue weighted by atomic mass is 19.3. The number of hydrogen-bond donors (Lipinski definition) is 1. The summed E-state index contributed by atoms with van der Waals surface area (Å²) in [6, 6.07) is 3.58. The monoisotopic (exact) mass is 305 g/mol. The molecule has 116 valence electrons. The lowest BCUT2D eigenvalue weighted by atomic mass is 10.1. The van der Waals surface area contributed by atoms with Crippen molar-refractivity contribution in [3.63, 3.8) is 0 Å². The van der Waals surface area contributed by atoms with E-state index in [0.29, 0.717) is 5.56 Å². The van der Waals surface area contributed by atoms with Crippen LogP contribution in [-0.4, -0.2) is 18.8 Å². The van der Waals surface area contributed by atoms with Gasteiger partial charge in [-0.1, -0.05) is 12.0 Å². The van der Waals surface area contributed by atoms with Gasteiger partial charge in [-0.15, -0.1) is 6.42 Å². The average Bonchev–Trinajstić information content (AvgIpc) is 2.36. The second-order valence-electron chi connectivity index (χ2n) is 4.65. The van der Waals surface area contributed by atoms with Crippen molar-refractivity contribution in [1.29, 1.82) is 0 Å². The first-order valence-corrected chi connectivity index (χ1v) is 5.99. The molecule has 3 nitrogen and oxygen atoms in total. The number of ether oxygens (including phenoxy) is 2. The Bertz CT molecular complexity index is 512. The molecule has 0 radical (unpaired) electrons. The zero-order valence-corrected chi connectivity index (χ0v) is 11.5. The molecule has 0 atom stereocenters. The number of nitrogens with one attached hydrogen (secondary N) is 1. The Labute approximate surface area is 120 Å². The summed E-state index contributed by atoms with van der Waals surface area (Å²) < 4.78 is 57.4. The highest BCUT2D eigenvalue weighted by Gasteiger charge is 2.17. The van der Waals surface area contributed by atoms with E-state index in [-0.39, 0.29) is 18.0 Å². The molecule has 7 heteroatoms. The van der Waals surface area contributed by atoms with Crippen molar-refractivity contribution in [2.45, 2.75) is 39.2 Å². The van der Waals surface area contributed by atoms with Gasteiger partial charge in [0, 0.05) is 18.2 Å². The van der Waals surface area contributed by atoms with Crippen molar-refractivity contribution < 1.29 is 27.0 Å². The predicted molar refractivity (Wildman–Crippen MR) is 69.5 cm³/mol. The highest BCUT2D eigenvalue weighted by Crippen LogP contribution is 2.27. The number of terminal acetylenes is 1. The molecule has 21 heavy (non-hydrogen) atoms. The van der Waals surface area contributed by atoms with Gasteiger partial charge in [0.15, 0.2) is 0 Å². The summed E-state index contributed by atoms with van der Waals surface area (Å²) in [5.74, 6) is 1.98. The van der Waals surface area contributed by atoms with Gasteiger partial charge in [0.2, 0.25) is 0 Å². The maximum Gasteiger partial charge on any atom is 0.387 e. The summed E-state index contributed by atoms with van der Waals surface area (Å²) in [7, 11) is 0. The Hall–Kier alpha value is -1.94. The lowest BCUT2D eigenvalue weighted by Crippen LogP contribution is -2.37. The van der Waals surface area contributed by atoms with Crippen LogP contribution in [0.1, 0.15) is 19.4 Å². The van der Waals surface area contributed by atoms with Crippen LogP contribution in [0.5, 0.6) is 11.5 Å². The Morgan fingerprint density at radius 3 is 2.33 bits per heavy atom. The van der Waals surface area contributed by atoms with Gasteiger partial charge in [0.1, 0.15) is 11.5 Å². The number of halogens is 4. The van der Waals surface area contributed by atoms with Crippen LogP contribution in [0.2, 0.25) is 0 Å². The van der Waals surface area contributed by atoms with Gasteiger partial charge in [0.05, 0.1) is 5.54 Å². The smallest absolute Gasteiger partial charge is 0.387 e. The first kappa shape index (κ1) is 17.1. The van der Waals surface area contributed by atoms with Gasteiger partial charge >= 0.3 is 13.2 Å². The van der Waals surface area contributed by atoms with Gasteiger partial charge in [-0.05, 0) is 19.9 Å². The first-order valence-electron chi connectivity index (χ1n) is 5.99. The average molecular weight is 305 g/mol. The molecule has 1 rings (SSSR count). The minimum absolute atomic E-state index is 0.133. The van der Waals surface area contributed by atoms with Crippen LogP contribution in [0.4, 0.5) is 17.6 Å². The SMILES string of the molecule is C#CC(C)(C)NCc1ccc(OC(F)F)cc1OC(F)F. The van der Waals surface area contributed by atoms with Crippen molar-refractivity contribution in [2.75, 3.05) is 0 Å². The predicted octanol–water partition coefficient (Wildman–Crippen LogP) is 3.39.